The lowest BCUT2D eigenvalue weighted by atomic mass is 9.79. The largest absolute Gasteiger partial charge is 0.378 e. The first kappa shape index (κ1) is 46.3. The Morgan fingerprint density at radius 3 is 1.04 bits per heavy atom. The van der Waals surface area contributed by atoms with Crippen LogP contribution >= 0.6 is 0 Å². The van der Waals surface area contributed by atoms with Crippen LogP contribution in [0.2, 0.25) is 0 Å². The average molecular weight is 760 g/mol. The molecule has 0 radical (unpaired) electrons. The first-order valence-electron chi connectivity index (χ1n) is 20.5. The van der Waals surface area contributed by atoms with Gasteiger partial charge in [0.2, 0.25) is 17.8 Å². The number of anilines is 3. The number of hydrogen-bond acceptors (Lipinski definition) is 12. The Morgan fingerprint density at radius 2 is 0.741 bits per heavy atom. The van der Waals surface area contributed by atoms with Gasteiger partial charge in [0.05, 0.1) is 18.3 Å². The van der Waals surface area contributed by atoms with Crippen LogP contribution in [0.15, 0.2) is 13.2 Å². The molecule has 3 saturated heterocycles. The molecule has 0 spiro atoms. The standard InChI is InChI=1S/C40H77N9O3.C2H4/c1-35(2)22-29(23-36(3,4)47(35)13)50-20-16-18-41-32-44-33(42-19-17-21-51-30-24-37(5,6)48(14)38(7,8)25-30)46-34(45-32)43-28-52-31-26-39(9,10)49(15)40(11,12)27-31;1-2/h29-31H,16-28H2,1-15H3,(H3,41,42,43,44,45,46);1-2H2. The zero-order valence-corrected chi connectivity index (χ0v) is 37.2. The highest BCUT2D eigenvalue weighted by Gasteiger charge is 2.45. The van der Waals surface area contributed by atoms with Crippen LogP contribution in [-0.2, 0) is 14.2 Å². The minimum atomic E-state index is 0.0562. The molecule has 0 aromatic carbocycles. The molecule has 3 aliphatic heterocycles. The molecule has 4 rings (SSSR count). The summed E-state index contributed by atoms with van der Waals surface area (Å²) in [6.45, 7) is 36.8. The summed E-state index contributed by atoms with van der Waals surface area (Å²) in [4.78, 5) is 21.6. The number of likely N-dealkylation sites (tertiary alicyclic amines) is 3. The SMILES string of the molecule is C=C.CN1C(C)(C)CC(OCCCNc2nc(NCCCOC3CC(C)(C)N(C)C(C)(C)C3)nc(NCOC3CC(C)(C)N(C)C(C)(C)C3)n2)CC1(C)C. The van der Waals surface area contributed by atoms with Gasteiger partial charge in [-0.3, -0.25) is 14.7 Å². The fourth-order valence-electron chi connectivity index (χ4n) is 9.07. The van der Waals surface area contributed by atoms with E-state index in [0.29, 0.717) is 50.9 Å². The number of ether oxygens (including phenoxy) is 3. The summed E-state index contributed by atoms with van der Waals surface area (Å²) >= 11 is 0. The van der Waals surface area contributed by atoms with Crippen molar-refractivity contribution in [2.75, 3.05) is 70.1 Å². The maximum Gasteiger partial charge on any atom is 0.231 e. The van der Waals surface area contributed by atoms with Gasteiger partial charge in [-0.2, -0.15) is 15.0 Å². The van der Waals surface area contributed by atoms with Crippen molar-refractivity contribution in [1.29, 1.82) is 0 Å². The third kappa shape index (κ3) is 12.5. The van der Waals surface area contributed by atoms with Crippen LogP contribution in [0.3, 0.4) is 0 Å². The summed E-state index contributed by atoms with van der Waals surface area (Å²) in [6.07, 6.45) is 8.44. The molecule has 0 saturated carbocycles. The Kier molecular flexibility index (Phi) is 15.8. The fraction of sp³-hybridized carbons (Fsp3) is 0.881. The van der Waals surface area contributed by atoms with Crippen LogP contribution in [0.5, 0.6) is 0 Å². The topological polar surface area (TPSA) is 112 Å². The minimum absolute atomic E-state index is 0.0562. The predicted molar refractivity (Wildman–Crippen MR) is 226 cm³/mol. The van der Waals surface area contributed by atoms with Crippen molar-refractivity contribution in [1.82, 2.24) is 29.7 Å². The van der Waals surface area contributed by atoms with Gasteiger partial charge in [-0.25, -0.2) is 0 Å². The predicted octanol–water partition coefficient (Wildman–Crippen LogP) is 7.65. The highest BCUT2D eigenvalue weighted by Crippen LogP contribution is 2.40. The molecule has 12 heteroatoms. The van der Waals surface area contributed by atoms with Gasteiger partial charge in [-0.1, -0.05) is 0 Å². The molecule has 3 aliphatic rings. The van der Waals surface area contributed by atoms with Crippen molar-refractivity contribution >= 4 is 17.8 Å². The first-order valence-corrected chi connectivity index (χ1v) is 20.5. The zero-order chi connectivity index (χ0) is 40.8. The zero-order valence-electron chi connectivity index (χ0n) is 37.2. The van der Waals surface area contributed by atoms with Crippen molar-refractivity contribution in [3.05, 3.63) is 13.2 Å². The number of hydrogen-bond donors (Lipinski definition) is 3. The van der Waals surface area contributed by atoms with Crippen molar-refractivity contribution < 1.29 is 14.2 Å². The summed E-state index contributed by atoms with van der Waals surface area (Å²) in [7, 11) is 6.68. The number of nitrogens with zero attached hydrogens (tertiary/aromatic N) is 6. The van der Waals surface area contributed by atoms with Gasteiger partial charge >= 0.3 is 0 Å². The van der Waals surface area contributed by atoms with Crippen molar-refractivity contribution in [2.24, 2.45) is 0 Å². The van der Waals surface area contributed by atoms with E-state index in [4.69, 9.17) is 29.2 Å². The molecule has 4 heterocycles. The molecule has 0 amide bonds. The van der Waals surface area contributed by atoms with Gasteiger partial charge in [0.1, 0.15) is 6.73 Å². The third-order valence-electron chi connectivity index (χ3n) is 12.9. The van der Waals surface area contributed by atoms with Gasteiger partial charge < -0.3 is 30.2 Å². The second kappa shape index (κ2) is 18.4. The van der Waals surface area contributed by atoms with Crippen LogP contribution in [0.25, 0.3) is 0 Å². The Balaban J connectivity index is 0.00000385. The molecule has 312 valence electrons. The quantitative estimate of drug-likeness (QED) is 0.0875. The average Bonchev–Trinajstić information content (AvgIpc) is 3.05. The van der Waals surface area contributed by atoms with Crippen LogP contribution < -0.4 is 16.0 Å². The lowest BCUT2D eigenvalue weighted by Gasteiger charge is -2.53. The van der Waals surface area contributed by atoms with E-state index in [-0.39, 0.29) is 51.5 Å². The molecule has 0 aliphatic carbocycles. The molecule has 0 atom stereocenters. The number of nitrogens with one attached hydrogen (secondary N) is 3. The molecule has 3 fully saturated rings. The van der Waals surface area contributed by atoms with E-state index in [2.05, 4.69) is 148 Å². The van der Waals surface area contributed by atoms with E-state index in [0.717, 1.165) is 51.4 Å². The maximum atomic E-state index is 6.40. The van der Waals surface area contributed by atoms with E-state index in [1.165, 1.54) is 0 Å². The van der Waals surface area contributed by atoms with Crippen LogP contribution in [0, 0.1) is 0 Å². The normalized spacial score (nSPS) is 24.4. The van der Waals surface area contributed by atoms with Crippen LogP contribution in [0.4, 0.5) is 17.8 Å². The van der Waals surface area contributed by atoms with E-state index >= 15 is 0 Å². The van der Waals surface area contributed by atoms with Gasteiger partial charge in [0, 0.05) is 59.5 Å². The van der Waals surface area contributed by atoms with Crippen molar-refractivity contribution in [2.45, 2.75) is 186 Å². The van der Waals surface area contributed by atoms with Gasteiger partial charge in [-0.15, -0.1) is 13.2 Å². The van der Waals surface area contributed by atoms with Gasteiger partial charge in [0.25, 0.3) is 0 Å². The second-order valence-electron chi connectivity index (χ2n) is 19.7. The monoisotopic (exact) mass is 760 g/mol. The molecular formula is C42H81N9O3. The Hall–Kier alpha value is -2.09. The number of piperidine rings is 3. The Labute approximate surface area is 330 Å². The van der Waals surface area contributed by atoms with Crippen molar-refractivity contribution in [3.8, 4) is 0 Å². The molecule has 1 aromatic heterocycles. The van der Waals surface area contributed by atoms with E-state index in [1.807, 2.05) is 0 Å². The molecule has 12 nitrogen and oxygen atoms in total. The van der Waals surface area contributed by atoms with Crippen LogP contribution in [0.1, 0.15) is 134 Å². The van der Waals surface area contributed by atoms with E-state index in [9.17, 15) is 0 Å². The summed E-state index contributed by atoms with van der Waals surface area (Å²) in [6, 6.07) is 0. The van der Waals surface area contributed by atoms with E-state index in [1.54, 1.807) is 0 Å². The molecular weight excluding hydrogens is 679 g/mol. The molecule has 1 aromatic rings. The summed E-state index contributed by atoms with van der Waals surface area (Å²) in [5, 5.41) is 10.2. The Morgan fingerprint density at radius 1 is 0.481 bits per heavy atom. The molecule has 3 N–H and O–H groups in total. The summed E-state index contributed by atoms with van der Waals surface area (Å²) in [5.74, 6) is 1.57. The highest BCUT2D eigenvalue weighted by molar-refractivity contribution is 5.42. The smallest absolute Gasteiger partial charge is 0.231 e. The second-order valence-corrected chi connectivity index (χ2v) is 19.7. The minimum Gasteiger partial charge on any atom is -0.378 e. The Bertz CT molecular complexity index is 1190. The number of rotatable bonds is 16. The lowest BCUT2D eigenvalue weighted by molar-refractivity contribution is -0.0916. The third-order valence-corrected chi connectivity index (χ3v) is 12.9. The molecule has 0 bridgehead atoms. The van der Waals surface area contributed by atoms with Gasteiger partial charge in [-0.05, 0) is 156 Å². The van der Waals surface area contributed by atoms with Crippen LogP contribution in [-0.4, -0.2) is 135 Å². The first-order chi connectivity index (χ1) is 24.9. The molecule has 0 unspecified atom stereocenters. The fourth-order valence-corrected chi connectivity index (χ4v) is 9.07. The van der Waals surface area contributed by atoms with Gasteiger partial charge in [0.15, 0.2) is 0 Å². The summed E-state index contributed by atoms with van der Waals surface area (Å²) < 4.78 is 19.2. The lowest BCUT2D eigenvalue weighted by Crippen LogP contribution is -2.60. The molecule has 54 heavy (non-hydrogen) atoms. The summed E-state index contributed by atoms with van der Waals surface area (Å²) in [5.41, 5.74) is 0.552. The van der Waals surface area contributed by atoms with E-state index < -0.39 is 0 Å². The number of aromatic nitrogens is 3. The highest BCUT2D eigenvalue weighted by atomic mass is 16.5. The maximum absolute atomic E-state index is 6.40. The van der Waals surface area contributed by atoms with Crippen molar-refractivity contribution in [3.63, 3.8) is 0 Å².